The summed E-state index contributed by atoms with van der Waals surface area (Å²) in [6.45, 7) is 16.0. The largest absolute Gasteiger partial charge is 0.195 e. The first-order valence-electron chi connectivity index (χ1n) is 14.8. The van der Waals surface area contributed by atoms with Crippen molar-refractivity contribution in [3.8, 4) is 22.9 Å². The molecule has 0 aliphatic heterocycles. The van der Waals surface area contributed by atoms with Gasteiger partial charge in [-0.1, -0.05) is 53.4 Å². The summed E-state index contributed by atoms with van der Waals surface area (Å²) in [5, 5.41) is 6.69. The summed E-state index contributed by atoms with van der Waals surface area (Å²) in [5.41, 5.74) is 9.95. The lowest BCUT2D eigenvalue weighted by atomic mass is 9.91. The molecule has 0 fully saturated rings. The summed E-state index contributed by atoms with van der Waals surface area (Å²) < 4.78 is 16.8. The predicted octanol–water partition coefficient (Wildman–Crippen LogP) is 11.7. The van der Waals surface area contributed by atoms with Gasteiger partial charge >= 0.3 is 0 Å². The summed E-state index contributed by atoms with van der Waals surface area (Å²) in [7, 11) is -3.36. The average molecular weight is 599 g/mol. The van der Waals surface area contributed by atoms with Gasteiger partial charge in [-0.15, -0.1) is 33.8 Å². The molecule has 2 aromatic heterocycles. The van der Waals surface area contributed by atoms with Gasteiger partial charge in [-0.25, -0.2) is 0 Å². The molecule has 0 atom stereocenters. The third-order valence-corrected chi connectivity index (χ3v) is 20.8. The Kier molecular flexibility index (Phi) is 8.33. The Morgan fingerprint density at radius 3 is 1.43 bits per heavy atom. The lowest BCUT2D eigenvalue weighted by Gasteiger charge is -2.21. The van der Waals surface area contributed by atoms with Crippen LogP contribution in [0.1, 0.15) is 57.5 Å². The van der Waals surface area contributed by atoms with Crippen LogP contribution >= 0.6 is 22.7 Å². The van der Waals surface area contributed by atoms with Crippen molar-refractivity contribution in [3.05, 3.63) is 57.5 Å². The smallest absolute Gasteiger partial charge is 0.177 e. The van der Waals surface area contributed by atoms with Gasteiger partial charge in [-0.2, -0.15) is 4.39 Å². The fraction of sp³-hybridized carbons (Fsp3) is 0.371. The highest BCUT2D eigenvalue weighted by Gasteiger charge is 2.26. The molecule has 206 valence electrons. The van der Waals surface area contributed by atoms with Crippen molar-refractivity contribution < 1.29 is 4.39 Å². The van der Waals surface area contributed by atoms with Crippen molar-refractivity contribution in [3.63, 3.8) is 0 Å². The Morgan fingerprint density at radius 2 is 0.975 bits per heavy atom. The standard InChI is InChI=1S/C35H39FS2Si2/c1-8-39(9-2,10-3)16-14-27-29-19-25-18-24(7)37-33(25)22-31(29)28(15-17-40(11-4,12-5)13-6)30-20-26-21-35(36)38-34(26)23-32(27)30/h18-23H,8-13H2,1-7H3. The molecule has 5 rings (SSSR count). The van der Waals surface area contributed by atoms with Crippen molar-refractivity contribution >= 4 is 80.5 Å². The third-order valence-electron chi connectivity index (χ3n) is 9.45. The van der Waals surface area contributed by atoms with Crippen molar-refractivity contribution in [1.29, 1.82) is 0 Å². The summed E-state index contributed by atoms with van der Waals surface area (Å²) in [6.07, 6.45) is 0. The molecule has 0 amide bonds. The molecular weight excluding hydrogens is 560 g/mol. The molecule has 0 nitrogen and oxygen atoms in total. The second-order valence-corrected chi connectivity index (χ2v) is 23.4. The van der Waals surface area contributed by atoms with E-state index in [0.717, 1.165) is 32.0 Å². The molecule has 3 aromatic carbocycles. The lowest BCUT2D eigenvalue weighted by Crippen LogP contribution is -2.29. The highest BCUT2D eigenvalue weighted by atomic mass is 32.1. The van der Waals surface area contributed by atoms with E-state index in [4.69, 9.17) is 0 Å². The molecule has 0 unspecified atom stereocenters. The topological polar surface area (TPSA) is 0 Å². The van der Waals surface area contributed by atoms with Crippen LogP contribution in [0.15, 0.2) is 36.4 Å². The molecular formula is C35H39FS2Si2. The van der Waals surface area contributed by atoms with Crippen LogP contribution in [0.5, 0.6) is 0 Å². The number of halogens is 1. The zero-order valence-electron chi connectivity index (χ0n) is 24.9. The van der Waals surface area contributed by atoms with Gasteiger partial charge in [-0.3, -0.25) is 0 Å². The molecule has 40 heavy (non-hydrogen) atoms. The Hall–Kier alpha value is -2.42. The van der Waals surface area contributed by atoms with Gasteiger partial charge in [-0.05, 0) is 101 Å². The first-order chi connectivity index (χ1) is 19.2. The van der Waals surface area contributed by atoms with E-state index in [1.165, 1.54) is 73.3 Å². The van der Waals surface area contributed by atoms with E-state index in [2.05, 4.69) is 102 Å². The van der Waals surface area contributed by atoms with Crippen LogP contribution in [0, 0.1) is 35.0 Å². The van der Waals surface area contributed by atoms with Gasteiger partial charge in [0.1, 0.15) is 16.1 Å². The average Bonchev–Trinajstić information content (AvgIpc) is 3.52. The minimum absolute atomic E-state index is 0.144. The first kappa shape index (κ1) is 29.1. The van der Waals surface area contributed by atoms with Crippen LogP contribution in [-0.4, -0.2) is 16.1 Å². The van der Waals surface area contributed by atoms with Crippen molar-refractivity contribution in [2.75, 3.05) is 0 Å². The normalized spacial score (nSPS) is 12.2. The molecule has 0 aliphatic rings. The van der Waals surface area contributed by atoms with E-state index in [-0.39, 0.29) is 5.13 Å². The van der Waals surface area contributed by atoms with Crippen molar-refractivity contribution in [2.24, 2.45) is 0 Å². The first-order valence-corrected chi connectivity index (χ1v) is 21.7. The number of hydrogen-bond donors (Lipinski definition) is 0. The van der Waals surface area contributed by atoms with E-state index >= 15 is 0 Å². The Balaban J connectivity index is 1.99. The van der Waals surface area contributed by atoms with E-state index in [1.807, 2.05) is 11.3 Å². The zero-order valence-corrected chi connectivity index (χ0v) is 28.5. The number of aryl methyl sites for hydroxylation is 1. The molecule has 0 bridgehead atoms. The number of fused-ring (bicyclic) bond motifs is 4. The highest BCUT2D eigenvalue weighted by molar-refractivity contribution is 7.19. The van der Waals surface area contributed by atoms with Gasteiger partial charge in [0, 0.05) is 36.2 Å². The molecule has 2 heterocycles. The summed E-state index contributed by atoms with van der Waals surface area (Å²) in [6, 6.07) is 20.0. The van der Waals surface area contributed by atoms with Gasteiger partial charge in [0.05, 0.1) is 0 Å². The van der Waals surface area contributed by atoms with Gasteiger partial charge in [0.25, 0.3) is 0 Å². The Morgan fingerprint density at radius 1 is 0.575 bits per heavy atom. The minimum Gasteiger partial charge on any atom is -0.195 e. The summed E-state index contributed by atoms with van der Waals surface area (Å²) in [5.74, 6) is 7.57. The van der Waals surface area contributed by atoms with E-state index in [0.29, 0.717) is 0 Å². The number of hydrogen-bond acceptors (Lipinski definition) is 2. The number of rotatable bonds is 6. The Bertz CT molecular complexity index is 1620. The molecule has 5 aromatic rings. The SMILES string of the molecule is CC[Si](C#Cc1c2cc3cc(F)sc3cc2c(C#C[Si](CC)(CC)CC)c2cc3cc(C)sc3cc12)(CC)CC. The maximum Gasteiger partial charge on any atom is 0.177 e. The van der Waals surface area contributed by atoms with E-state index in [9.17, 15) is 4.39 Å². The molecule has 0 saturated carbocycles. The molecule has 5 heteroatoms. The van der Waals surface area contributed by atoms with Crippen LogP contribution in [0.25, 0.3) is 41.7 Å². The molecule has 0 N–H and O–H groups in total. The van der Waals surface area contributed by atoms with Crippen LogP contribution < -0.4 is 0 Å². The fourth-order valence-electron chi connectivity index (χ4n) is 6.08. The minimum atomic E-state index is -1.68. The second kappa shape index (κ2) is 11.5. The van der Waals surface area contributed by atoms with Crippen molar-refractivity contribution in [1.82, 2.24) is 0 Å². The van der Waals surface area contributed by atoms with E-state index < -0.39 is 16.1 Å². The predicted molar refractivity (Wildman–Crippen MR) is 185 cm³/mol. The highest BCUT2D eigenvalue weighted by Crippen LogP contribution is 2.40. The van der Waals surface area contributed by atoms with Crippen LogP contribution in [0.4, 0.5) is 4.39 Å². The summed E-state index contributed by atoms with van der Waals surface area (Å²) >= 11 is 3.07. The summed E-state index contributed by atoms with van der Waals surface area (Å²) in [4.78, 5) is 1.31. The van der Waals surface area contributed by atoms with Crippen molar-refractivity contribution in [2.45, 2.75) is 84.7 Å². The van der Waals surface area contributed by atoms with Crippen LogP contribution in [0.2, 0.25) is 36.3 Å². The van der Waals surface area contributed by atoms with Gasteiger partial charge < -0.3 is 0 Å². The maximum atomic E-state index is 14.5. The van der Waals surface area contributed by atoms with Crippen LogP contribution in [0.3, 0.4) is 0 Å². The zero-order chi connectivity index (χ0) is 28.7. The fourth-order valence-corrected chi connectivity index (χ4v) is 12.7. The van der Waals surface area contributed by atoms with Gasteiger partial charge in [0.15, 0.2) is 5.13 Å². The van der Waals surface area contributed by atoms with Crippen LogP contribution in [-0.2, 0) is 0 Å². The molecule has 0 aliphatic carbocycles. The lowest BCUT2D eigenvalue weighted by molar-refractivity contribution is 0.658. The molecule has 0 spiro atoms. The maximum absolute atomic E-state index is 14.5. The number of thiophene rings is 2. The molecule has 0 radical (unpaired) electrons. The molecule has 0 saturated heterocycles. The third kappa shape index (κ3) is 5.07. The number of benzene rings is 3. The Labute approximate surface area is 249 Å². The monoisotopic (exact) mass is 598 g/mol. The quantitative estimate of drug-likeness (QED) is 0.104. The van der Waals surface area contributed by atoms with Gasteiger partial charge in [0.2, 0.25) is 0 Å². The van der Waals surface area contributed by atoms with E-state index in [1.54, 1.807) is 6.07 Å². The second-order valence-electron chi connectivity index (χ2n) is 11.2.